The molecule has 1 aromatic rings. The van der Waals surface area contributed by atoms with E-state index in [4.69, 9.17) is 18.9 Å². The van der Waals surface area contributed by atoms with Gasteiger partial charge in [-0.25, -0.2) is 4.79 Å². The maximum Gasteiger partial charge on any atom is 0.338 e. The number of hydrogen-bond donors (Lipinski definition) is 4. The van der Waals surface area contributed by atoms with Gasteiger partial charge < -0.3 is 39.4 Å². The van der Waals surface area contributed by atoms with Crippen LogP contribution in [0.15, 0.2) is 41.5 Å². The Morgan fingerprint density at radius 1 is 1.07 bits per heavy atom. The Kier molecular flexibility index (Phi) is 7.62. The Bertz CT molecular complexity index is 1360. The largest absolute Gasteiger partial charge is 0.457 e. The number of Topliss-reactive ketones (excluding diaryl/α,β-unsaturated/α-hetero) is 1. The van der Waals surface area contributed by atoms with Crippen LogP contribution in [-0.2, 0) is 33.3 Å². The molecule has 1 heterocycles. The maximum absolute atomic E-state index is 14.8. The van der Waals surface area contributed by atoms with Gasteiger partial charge in [0, 0.05) is 20.3 Å². The second kappa shape index (κ2) is 10.5. The fourth-order valence-corrected chi connectivity index (χ4v) is 8.13. The molecule has 0 unspecified atom stereocenters. The smallest absolute Gasteiger partial charge is 0.338 e. The van der Waals surface area contributed by atoms with E-state index in [2.05, 4.69) is 0 Å². The SMILES string of the molecule is CC(=O)O[C@H]1C(=O)[C@]2(CO)[C@@H](O)C[C@H]3OC[C@@]3(OC(C)=O)[C@@H]2[C@H](OC(=O)c2ccccc2)[C@]2(C(C)(C)O)C[C@H](O)C(C)=C12. The molecular weight excluding hydrogens is 564 g/mol. The fraction of sp³-hybridized carbons (Fsp3) is 0.613. The second-order valence-corrected chi connectivity index (χ2v) is 12.7. The summed E-state index contributed by atoms with van der Waals surface area (Å²) in [6.07, 6.45) is -7.81. The normalized spacial score (nSPS) is 38.6. The Labute approximate surface area is 248 Å². The van der Waals surface area contributed by atoms with Crippen LogP contribution in [0.3, 0.4) is 0 Å². The number of rotatable bonds is 6. The van der Waals surface area contributed by atoms with Crippen molar-refractivity contribution in [3.05, 3.63) is 47.0 Å². The van der Waals surface area contributed by atoms with Crippen LogP contribution in [0.5, 0.6) is 0 Å². The summed E-state index contributed by atoms with van der Waals surface area (Å²) >= 11 is 0. The van der Waals surface area contributed by atoms with Crippen LogP contribution in [0, 0.1) is 16.7 Å². The summed E-state index contributed by atoms with van der Waals surface area (Å²) < 4.78 is 23.6. The molecule has 2 saturated carbocycles. The summed E-state index contributed by atoms with van der Waals surface area (Å²) in [6.45, 7) is 5.29. The summed E-state index contributed by atoms with van der Waals surface area (Å²) in [4.78, 5) is 53.8. The first-order chi connectivity index (χ1) is 20.1. The third-order valence-electron chi connectivity index (χ3n) is 10.1. The molecular formula is C31H38O12. The summed E-state index contributed by atoms with van der Waals surface area (Å²) in [5, 5.41) is 46.2. The highest BCUT2D eigenvalue weighted by Gasteiger charge is 2.80. The summed E-state index contributed by atoms with van der Waals surface area (Å²) in [5.74, 6) is -4.95. The summed E-state index contributed by atoms with van der Waals surface area (Å²) in [6, 6.07) is 7.92. The highest BCUT2D eigenvalue weighted by Crippen LogP contribution is 2.67. The molecule has 12 heteroatoms. The third kappa shape index (κ3) is 4.29. The van der Waals surface area contributed by atoms with Crippen molar-refractivity contribution in [2.45, 2.75) is 89.2 Å². The average molecular weight is 603 g/mol. The molecule has 4 aliphatic rings. The van der Waals surface area contributed by atoms with E-state index in [-0.39, 0.29) is 36.2 Å². The molecule has 234 valence electrons. The van der Waals surface area contributed by atoms with E-state index in [1.54, 1.807) is 18.2 Å². The first-order valence-electron chi connectivity index (χ1n) is 14.3. The molecule has 1 saturated heterocycles. The number of aliphatic hydroxyl groups is 4. The van der Waals surface area contributed by atoms with Crippen LogP contribution >= 0.6 is 0 Å². The maximum atomic E-state index is 14.8. The number of aliphatic hydroxyl groups excluding tert-OH is 3. The molecule has 4 N–H and O–H groups in total. The van der Waals surface area contributed by atoms with Crippen molar-refractivity contribution in [1.82, 2.24) is 0 Å². The van der Waals surface area contributed by atoms with Crippen LogP contribution in [0.2, 0.25) is 0 Å². The Morgan fingerprint density at radius 2 is 1.72 bits per heavy atom. The van der Waals surface area contributed by atoms with Crippen molar-refractivity contribution in [1.29, 1.82) is 0 Å². The van der Waals surface area contributed by atoms with Gasteiger partial charge in [0.15, 0.2) is 17.5 Å². The predicted molar refractivity (Wildman–Crippen MR) is 146 cm³/mol. The van der Waals surface area contributed by atoms with Gasteiger partial charge in [-0.1, -0.05) is 18.2 Å². The lowest BCUT2D eigenvalue weighted by atomic mass is 9.49. The number of fused-ring (bicyclic) bond motifs is 4. The Hall–Kier alpha value is -3.16. The van der Waals surface area contributed by atoms with Crippen molar-refractivity contribution in [3.63, 3.8) is 0 Å². The number of hydrogen-bond acceptors (Lipinski definition) is 12. The molecule has 0 aromatic heterocycles. The minimum Gasteiger partial charge on any atom is -0.457 e. The molecule has 12 nitrogen and oxygen atoms in total. The minimum atomic E-state index is -2.22. The standard InChI is InChI=1S/C31H38O12/c1-15-19(35)12-30(28(4,5)39)22(15)23(41-16(2)33)25(37)29(13-32)20(36)11-21-31(14-40-21,43-17(3)34)24(29)26(30)42-27(38)18-9-7-6-8-10-18/h6-10,19-21,23-24,26,32,35-36,39H,11-14H2,1-5H3/t19-,20-,21+,23+,24+,26-,29+,30-,31-/m0/s1. The van der Waals surface area contributed by atoms with Crippen molar-refractivity contribution >= 4 is 23.7 Å². The molecule has 0 radical (unpaired) electrons. The minimum absolute atomic E-state index is 0.00255. The monoisotopic (exact) mass is 602 g/mol. The zero-order valence-corrected chi connectivity index (χ0v) is 24.7. The van der Waals surface area contributed by atoms with Gasteiger partial charge in [0.1, 0.15) is 12.2 Å². The van der Waals surface area contributed by atoms with Crippen molar-refractivity contribution < 1.29 is 58.6 Å². The molecule has 9 atom stereocenters. The van der Waals surface area contributed by atoms with E-state index < -0.39 is 88.8 Å². The molecule has 3 fully saturated rings. The zero-order valence-electron chi connectivity index (χ0n) is 24.7. The van der Waals surface area contributed by atoms with Gasteiger partial charge in [0.05, 0.1) is 53.3 Å². The van der Waals surface area contributed by atoms with E-state index in [1.807, 2.05) is 0 Å². The van der Waals surface area contributed by atoms with Crippen molar-refractivity contribution in [3.8, 4) is 0 Å². The molecule has 0 amide bonds. The van der Waals surface area contributed by atoms with Crippen LogP contribution in [0.25, 0.3) is 0 Å². The highest BCUT2D eigenvalue weighted by molar-refractivity contribution is 5.96. The van der Waals surface area contributed by atoms with Crippen LogP contribution in [-0.4, -0.2) is 99.1 Å². The quantitative estimate of drug-likeness (QED) is 0.202. The molecule has 3 aliphatic carbocycles. The number of ketones is 1. The predicted octanol–water partition coefficient (Wildman–Crippen LogP) is 0.625. The van der Waals surface area contributed by atoms with Crippen LogP contribution < -0.4 is 0 Å². The van der Waals surface area contributed by atoms with E-state index in [0.717, 1.165) is 13.8 Å². The summed E-state index contributed by atoms with van der Waals surface area (Å²) in [7, 11) is 0. The number of ether oxygens (including phenoxy) is 4. The van der Waals surface area contributed by atoms with E-state index >= 15 is 0 Å². The molecule has 0 spiro atoms. The lowest BCUT2D eigenvalue weighted by molar-refractivity contribution is -0.341. The number of carbonyl (C=O) groups excluding carboxylic acids is 4. The lowest BCUT2D eigenvalue weighted by Crippen LogP contribution is -2.79. The lowest BCUT2D eigenvalue weighted by Gasteiger charge is -2.64. The van der Waals surface area contributed by atoms with Gasteiger partial charge in [0.2, 0.25) is 0 Å². The Balaban J connectivity index is 1.90. The van der Waals surface area contributed by atoms with Gasteiger partial charge in [-0.05, 0) is 50.5 Å². The molecule has 5 rings (SSSR count). The number of carbonyl (C=O) groups is 4. The van der Waals surface area contributed by atoms with E-state index in [1.165, 1.54) is 32.9 Å². The van der Waals surface area contributed by atoms with Gasteiger partial charge in [0.25, 0.3) is 0 Å². The van der Waals surface area contributed by atoms with Crippen LogP contribution in [0.4, 0.5) is 0 Å². The summed E-state index contributed by atoms with van der Waals surface area (Å²) in [5.41, 5.74) is -7.35. The van der Waals surface area contributed by atoms with E-state index in [0.29, 0.717) is 0 Å². The highest BCUT2D eigenvalue weighted by atomic mass is 16.6. The number of esters is 3. The van der Waals surface area contributed by atoms with Gasteiger partial charge in [-0.3, -0.25) is 14.4 Å². The molecule has 1 aliphatic heterocycles. The average Bonchev–Trinajstić information content (AvgIpc) is 3.16. The van der Waals surface area contributed by atoms with Gasteiger partial charge in [-0.15, -0.1) is 0 Å². The van der Waals surface area contributed by atoms with Crippen molar-refractivity contribution in [2.75, 3.05) is 13.2 Å². The topological polar surface area (TPSA) is 186 Å². The van der Waals surface area contributed by atoms with Gasteiger partial charge >= 0.3 is 17.9 Å². The van der Waals surface area contributed by atoms with Crippen molar-refractivity contribution in [2.24, 2.45) is 16.7 Å². The number of benzene rings is 1. The second-order valence-electron chi connectivity index (χ2n) is 12.7. The Morgan fingerprint density at radius 3 is 2.23 bits per heavy atom. The van der Waals surface area contributed by atoms with E-state index in [9.17, 15) is 39.6 Å². The molecule has 0 bridgehead atoms. The zero-order chi connectivity index (χ0) is 31.7. The van der Waals surface area contributed by atoms with Crippen LogP contribution in [0.1, 0.15) is 57.8 Å². The first kappa shape index (κ1) is 31.3. The molecule has 43 heavy (non-hydrogen) atoms. The third-order valence-corrected chi connectivity index (χ3v) is 10.1. The van der Waals surface area contributed by atoms with Gasteiger partial charge in [-0.2, -0.15) is 0 Å². The molecule has 1 aromatic carbocycles. The first-order valence-corrected chi connectivity index (χ1v) is 14.3. The fourth-order valence-electron chi connectivity index (χ4n) is 8.13.